The van der Waals surface area contributed by atoms with Gasteiger partial charge in [-0.25, -0.2) is 9.97 Å². The van der Waals surface area contributed by atoms with Gasteiger partial charge in [-0.05, 0) is 62.9 Å². The topological polar surface area (TPSA) is 51.8 Å². The van der Waals surface area contributed by atoms with E-state index in [-0.39, 0.29) is 0 Å². The van der Waals surface area contributed by atoms with Crippen LogP contribution in [0.3, 0.4) is 0 Å². The van der Waals surface area contributed by atoms with Crippen LogP contribution in [0, 0.1) is 26.7 Å². The van der Waals surface area contributed by atoms with E-state index in [4.69, 9.17) is 15.7 Å². The molecule has 2 N–H and O–H groups in total. The summed E-state index contributed by atoms with van der Waals surface area (Å²) in [6, 6.07) is 6.24. The lowest BCUT2D eigenvalue weighted by Crippen LogP contribution is -2.15. The van der Waals surface area contributed by atoms with Crippen LogP contribution >= 0.6 is 15.9 Å². The van der Waals surface area contributed by atoms with Gasteiger partial charge < -0.3 is 5.73 Å². The normalized spacial score (nSPS) is 12.5. The second kappa shape index (κ2) is 6.67. The van der Waals surface area contributed by atoms with Gasteiger partial charge in [-0.2, -0.15) is 0 Å². The standard InChI is InChI=1S/C17H22BrN3/c1-10-5-6-14(16(18)8-10)17-20-12(3)15(13(4)21-17)7-11(2)9-19/h5-6,8,11H,7,9,19H2,1-4H3. The van der Waals surface area contributed by atoms with Crippen LogP contribution in [0.25, 0.3) is 11.4 Å². The number of rotatable bonds is 4. The van der Waals surface area contributed by atoms with Gasteiger partial charge >= 0.3 is 0 Å². The molecule has 2 aromatic rings. The molecule has 4 heteroatoms. The van der Waals surface area contributed by atoms with Gasteiger partial charge in [0.05, 0.1) is 0 Å². The van der Waals surface area contributed by atoms with Gasteiger partial charge in [0.2, 0.25) is 0 Å². The molecule has 1 aromatic carbocycles. The first-order valence-corrected chi connectivity index (χ1v) is 8.02. The molecule has 0 aliphatic rings. The van der Waals surface area contributed by atoms with E-state index in [1.807, 2.05) is 0 Å². The van der Waals surface area contributed by atoms with Crippen LogP contribution < -0.4 is 5.73 Å². The number of aryl methyl sites for hydroxylation is 3. The van der Waals surface area contributed by atoms with Crippen molar-refractivity contribution in [3.63, 3.8) is 0 Å². The fourth-order valence-electron chi connectivity index (χ4n) is 2.39. The molecule has 1 aromatic heterocycles. The molecule has 0 aliphatic heterocycles. The minimum absolute atomic E-state index is 0.447. The Hall–Kier alpha value is -1.26. The predicted molar refractivity (Wildman–Crippen MR) is 91.3 cm³/mol. The van der Waals surface area contributed by atoms with Gasteiger partial charge in [0.15, 0.2) is 5.82 Å². The summed E-state index contributed by atoms with van der Waals surface area (Å²) in [6.07, 6.45) is 0.934. The Labute approximate surface area is 135 Å². The summed E-state index contributed by atoms with van der Waals surface area (Å²) in [5.41, 5.74) is 11.3. The quantitative estimate of drug-likeness (QED) is 0.910. The van der Waals surface area contributed by atoms with Crippen LogP contribution in [0.15, 0.2) is 22.7 Å². The average molecular weight is 348 g/mol. The summed E-state index contributed by atoms with van der Waals surface area (Å²) in [5, 5.41) is 0. The third-order valence-corrected chi connectivity index (χ3v) is 4.40. The summed E-state index contributed by atoms with van der Waals surface area (Å²) in [5.74, 6) is 1.23. The van der Waals surface area contributed by atoms with Crippen molar-refractivity contribution in [3.8, 4) is 11.4 Å². The molecular weight excluding hydrogens is 326 g/mol. The highest BCUT2D eigenvalue weighted by Gasteiger charge is 2.14. The molecular formula is C17H22BrN3. The Kier molecular flexibility index (Phi) is 5.12. The lowest BCUT2D eigenvalue weighted by Gasteiger charge is -2.15. The Morgan fingerprint density at radius 1 is 1.14 bits per heavy atom. The van der Waals surface area contributed by atoms with E-state index in [9.17, 15) is 0 Å². The molecule has 0 saturated carbocycles. The molecule has 21 heavy (non-hydrogen) atoms. The van der Waals surface area contributed by atoms with Gasteiger partial charge in [-0.15, -0.1) is 0 Å². The molecule has 3 nitrogen and oxygen atoms in total. The van der Waals surface area contributed by atoms with Crippen molar-refractivity contribution in [3.05, 3.63) is 45.2 Å². The van der Waals surface area contributed by atoms with E-state index in [0.29, 0.717) is 12.5 Å². The zero-order valence-corrected chi connectivity index (χ0v) is 14.7. The third kappa shape index (κ3) is 3.69. The Bertz CT molecular complexity index is 629. The van der Waals surface area contributed by atoms with Crippen molar-refractivity contribution >= 4 is 15.9 Å². The lowest BCUT2D eigenvalue weighted by atomic mass is 9.98. The highest BCUT2D eigenvalue weighted by atomic mass is 79.9. The number of hydrogen-bond acceptors (Lipinski definition) is 3. The molecule has 2 rings (SSSR count). The first-order chi connectivity index (χ1) is 9.92. The highest BCUT2D eigenvalue weighted by molar-refractivity contribution is 9.10. The number of nitrogens with two attached hydrogens (primary N) is 1. The second-order valence-electron chi connectivity index (χ2n) is 5.72. The van der Waals surface area contributed by atoms with E-state index >= 15 is 0 Å². The fraction of sp³-hybridized carbons (Fsp3) is 0.412. The summed E-state index contributed by atoms with van der Waals surface area (Å²) >= 11 is 3.61. The van der Waals surface area contributed by atoms with Gasteiger partial charge in [0.25, 0.3) is 0 Å². The molecule has 0 aliphatic carbocycles. The summed E-state index contributed by atoms with van der Waals surface area (Å²) in [7, 11) is 0. The molecule has 0 bridgehead atoms. The van der Waals surface area contributed by atoms with E-state index in [0.717, 1.165) is 33.7 Å². The Morgan fingerprint density at radius 2 is 1.76 bits per heavy atom. The maximum atomic E-state index is 5.73. The zero-order valence-electron chi connectivity index (χ0n) is 13.1. The minimum atomic E-state index is 0.447. The van der Waals surface area contributed by atoms with Crippen LogP contribution in [-0.4, -0.2) is 16.5 Å². The number of benzene rings is 1. The smallest absolute Gasteiger partial charge is 0.160 e. The molecule has 0 saturated heterocycles. The molecule has 0 spiro atoms. The largest absolute Gasteiger partial charge is 0.330 e. The van der Waals surface area contributed by atoms with Gasteiger partial charge in [0.1, 0.15) is 0 Å². The predicted octanol–water partition coefficient (Wildman–Crippen LogP) is 3.97. The molecule has 1 unspecified atom stereocenters. The molecule has 0 fully saturated rings. The van der Waals surface area contributed by atoms with E-state index in [1.165, 1.54) is 11.1 Å². The van der Waals surface area contributed by atoms with Crippen LogP contribution in [0.5, 0.6) is 0 Å². The number of hydrogen-bond donors (Lipinski definition) is 1. The molecule has 0 amide bonds. The van der Waals surface area contributed by atoms with Crippen LogP contribution in [0.1, 0.15) is 29.4 Å². The first kappa shape index (κ1) is 16.1. The van der Waals surface area contributed by atoms with Gasteiger partial charge in [-0.3, -0.25) is 0 Å². The van der Waals surface area contributed by atoms with Crippen LogP contribution in [-0.2, 0) is 6.42 Å². The van der Waals surface area contributed by atoms with Crippen molar-refractivity contribution in [2.45, 2.75) is 34.1 Å². The molecule has 112 valence electrons. The maximum absolute atomic E-state index is 5.73. The first-order valence-electron chi connectivity index (χ1n) is 7.23. The molecule has 1 atom stereocenters. The number of nitrogens with zero attached hydrogens (tertiary/aromatic N) is 2. The average Bonchev–Trinajstić information content (AvgIpc) is 2.42. The zero-order chi connectivity index (χ0) is 15.6. The molecule has 0 radical (unpaired) electrons. The SMILES string of the molecule is Cc1ccc(-c2nc(C)c(CC(C)CN)c(C)n2)c(Br)c1. The Morgan fingerprint density at radius 3 is 2.29 bits per heavy atom. The third-order valence-electron chi connectivity index (χ3n) is 3.74. The van der Waals surface area contributed by atoms with E-state index < -0.39 is 0 Å². The fourth-order valence-corrected chi connectivity index (χ4v) is 3.06. The Balaban J connectivity index is 2.44. The highest BCUT2D eigenvalue weighted by Crippen LogP contribution is 2.28. The lowest BCUT2D eigenvalue weighted by molar-refractivity contribution is 0.586. The van der Waals surface area contributed by atoms with E-state index in [2.05, 4.69) is 61.8 Å². The minimum Gasteiger partial charge on any atom is -0.330 e. The van der Waals surface area contributed by atoms with Gasteiger partial charge in [-0.1, -0.05) is 28.9 Å². The van der Waals surface area contributed by atoms with Crippen molar-refractivity contribution in [1.82, 2.24) is 9.97 Å². The number of halogens is 1. The van der Waals surface area contributed by atoms with Crippen molar-refractivity contribution < 1.29 is 0 Å². The van der Waals surface area contributed by atoms with Crippen molar-refractivity contribution in [1.29, 1.82) is 0 Å². The second-order valence-corrected chi connectivity index (χ2v) is 6.58. The number of aromatic nitrogens is 2. The summed E-state index contributed by atoms with van der Waals surface area (Å²) < 4.78 is 1.03. The van der Waals surface area contributed by atoms with Crippen molar-refractivity contribution in [2.24, 2.45) is 11.7 Å². The van der Waals surface area contributed by atoms with E-state index in [1.54, 1.807) is 0 Å². The van der Waals surface area contributed by atoms with Gasteiger partial charge in [0, 0.05) is 21.4 Å². The molecule has 1 heterocycles. The maximum Gasteiger partial charge on any atom is 0.160 e. The monoisotopic (exact) mass is 347 g/mol. The summed E-state index contributed by atoms with van der Waals surface area (Å²) in [4.78, 5) is 9.40. The van der Waals surface area contributed by atoms with Crippen LogP contribution in [0.2, 0.25) is 0 Å². The summed E-state index contributed by atoms with van der Waals surface area (Å²) in [6.45, 7) is 9.02. The van der Waals surface area contributed by atoms with Crippen LogP contribution in [0.4, 0.5) is 0 Å². The van der Waals surface area contributed by atoms with Crippen molar-refractivity contribution in [2.75, 3.05) is 6.54 Å².